The summed E-state index contributed by atoms with van der Waals surface area (Å²) in [6.07, 6.45) is 0.908. The highest BCUT2D eigenvalue weighted by Gasteiger charge is 2.09. The lowest BCUT2D eigenvalue weighted by Crippen LogP contribution is -2.41. The molecule has 1 unspecified atom stereocenters. The Balaban J connectivity index is 0.00000392. The third-order valence-electron chi connectivity index (χ3n) is 3.76. The first-order chi connectivity index (χ1) is 12.8. The average molecular weight is 521 g/mol. The van der Waals surface area contributed by atoms with E-state index in [0.29, 0.717) is 19.0 Å². The van der Waals surface area contributed by atoms with Gasteiger partial charge in [-0.25, -0.2) is 12.8 Å². The van der Waals surface area contributed by atoms with Gasteiger partial charge in [0, 0.05) is 19.8 Å². The number of nitrogens with one attached hydrogen (secondary N) is 2. The molecule has 1 atom stereocenters. The fourth-order valence-corrected chi connectivity index (χ4v) is 2.93. The van der Waals surface area contributed by atoms with Crippen LogP contribution in [0.15, 0.2) is 58.4 Å². The molecule has 154 valence electrons. The summed E-state index contributed by atoms with van der Waals surface area (Å²) in [6, 6.07) is 12.9. The van der Waals surface area contributed by atoms with Crippen molar-refractivity contribution in [3.63, 3.8) is 0 Å². The van der Waals surface area contributed by atoms with Gasteiger partial charge in [0.1, 0.15) is 6.10 Å². The molecule has 0 aliphatic rings. The van der Waals surface area contributed by atoms with Gasteiger partial charge in [-0.3, -0.25) is 4.99 Å². The molecular formula is C19H25FIN3O3S. The fourth-order valence-electron chi connectivity index (χ4n) is 2.30. The normalized spacial score (nSPS) is 12.6. The van der Waals surface area contributed by atoms with Crippen LogP contribution in [-0.4, -0.2) is 40.3 Å². The predicted octanol–water partition coefficient (Wildman–Crippen LogP) is 2.98. The van der Waals surface area contributed by atoms with Crippen molar-refractivity contribution in [1.82, 2.24) is 10.6 Å². The van der Waals surface area contributed by atoms with Gasteiger partial charge < -0.3 is 15.4 Å². The second-order valence-electron chi connectivity index (χ2n) is 6.08. The smallest absolute Gasteiger partial charge is 0.191 e. The van der Waals surface area contributed by atoms with E-state index >= 15 is 0 Å². The van der Waals surface area contributed by atoms with Crippen molar-refractivity contribution in [1.29, 1.82) is 0 Å². The monoisotopic (exact) mass is 521 g/mol. The first-order valence-corrected chi connectivity index (χ1v) is 10.3. The van der Waals surface area contributed by atoms with E-state index in [1.165, 1.54) is 12.3 Å². The highest BCUT2D eigenvalue weighted by Crippen LogP contribution is 2.16. The highest BCUT2D eigenvalue weighted by atomic mass is 127. The van der Waals surface area contributed by atoms with E-state index in [1.54, 1.807) is 49.5 Å². The number of benzene rings is 2. The van der Waals surface area contributed by atoms with E-state index in [2.05, 4.69) is 15.6 Å². The van der Waals surface area contributed by atoms with E-state index < -0.39 is 15.7 Å². The van der Waals surface area contributed by atoms with Crippen LogP contribution in [-0.2, 0) is 16.4 Å². The molecular weight excluding hydrogens is 496 g/mol. The average Bonchev–Trinajstić information content (AvgIpc) is 2.63. The zero-order valence-electron chi connectivity index (χ0n) is 16.0. The van der Waals surface area contributed by atoms with Crippen molar-refractivity contribution in [2.24, 2.45) is 4.99 Å². The summed E-state index contributed by atoms with van der Waals surface area (Å²) in [4.78, 5) is 4.41. The van der Waals surface area contributed by atoms with E-state index in [9.17, 15) is 12.8 Å². The minimum Gasteiger partial charge on any atom is -0.486 e. The molecule has 6 nitrogen and oxygen atoms in total. The molecule has 0 aromatic heterocycles. The van der Waals surface area contributed by atoms with Crippen LogP contribution in [0.1, 0.15) is 12.5 Å². The molecule has 0 saturated carbocycles. The van der Waals surface area contributed by atoms with Gasteiger partial charge in [0.05, 0.1) is 11.4 Å². The number of rotatable bonds is 7. The van der Waals surface area contributed by atoms with E-state index in [4.69, 9.17) is 4.74 Å². The van der Waals surface area contributed by atoms with Gasteiger partial charge in [0.2, 0.25) is 0 Å². The van der Waals surface area contributed by atoms with Crippen molar-refractivity contribution >= 4 is 39.8 Å². The molecule has 2 aromatic carbocycles. The van der Waals surface area contributed by atoms with Gasteiger partial charge in [-0.2, -0.15) is 0 Å². The lowest BCUT2D eigenvalue weighted by atomic mass is 10.2. The van der Waals surface area contributed by atoms with Crippen LogP contribution in [0, 0.1) is 5.82 Å². The number of hydrogen-bond acceptors (Lipinski definition) is 4. The quantitative estimate of drug-likeness (QED) is 0.333. The Hall–Kier alpha value is -1.88. The maximum Gasteiger partial charge on any atom is 0.191 e. The Morgan fingerprint density at radius 1 is 1.14 bits per heavy atom. The lowest BCUT2D eigenvalue weighted by Gasteiger charge is -2.18. The number of guanidine groups is 1. The minimum atomic E-state index is -3.20. The van der Waals surface area contributed by atoms with Crippen LogP contribution in [0.4, 0.5) is 4.39 Å². The molecule has 2 aromatic rings. The Morgan fingerprint density at radius 2 is 1.79 bits per heavy atom. The third kappa shape index (κ3) is 7.63. The summed E-state index contributed by atoms with van der Waals surface area (Å²) in [7, 11) is -1.56. The number of aliphatic imine (C=N–C) groups is 1. The van der Waals surface area contributed by atoms with Crippen LogP contribution in [0.3, 0.4) is 0 Å². The summed E-state index contributed by atoms with van der Waals surface area (Å²) in [6.45, 7) is 2.74. The van der Waals surface area contributed by atoms with Crippen molar-refractivity contribution in [3.05, 3.63) is 59.9 Å². The summed E-state index contributed by atoms with van der Waals surface area (Å²) in [5, 5.41) is 6.24. The van der Waals surface area contributed by atoms with Crippen LogP contribution in [0.2, 0.25) is 0 Å². The van der Waals surface area contributed by atoms with E-state index in [1.807, 2.05) is 6.92 Å². The molecule has 2 rings (SSSR count). The van der Waals surface area contributed by atoms with Crippen LogP contribution in [0.5, 0.6) is 5.75 Å². The van der Waals surface area contributed by atoms with Gasteiger partial charge in [-0.1, -0.05) is 24.3 Å². The number of halogens is 2. The van der Waals surface area contributed by atoms with E-state index in [-0.39, 0.29) is 40.7 Å². The van der Waals surface area contributed by atoms with Crippen molar-refractivity contribution in [2.75, 3.05) is 19.8 Å². The van der Waals surface area contributed by atoms with Gasteiger partial charge in [0.15, 0.2) is 27.4 Å². The molecule has 0 spiro atoms. The highest BCUT2D eigenvalue weighted by molar-refractivity contribution is 14.0. The summed E-state index contributed by atoms with van der Waals surface area (Å²) >= 11 is 0. The second-order valence-corrected chi connectivity index (χ2v) is 8.10. The van der Waals surface area contributed by atoms with Crippen molar-refractivity contribution in [2.45, 2.75) is 24.5 Å². The molecule has 0 saturated heterocycles. The van der Waals surface area contributed by atoms with Gasteiger partial charge in [-0.15, -0.1) is 24.0 Å². The van der Waals surface area contributed by atoms with Gasteiger partial charge >= 0.3 is 0 Å². The molecule has 0 bridgehead atoms. The van der Waals surface area contributed by atoms with Crippen molar-refractivity contribution in [3.8, 4) is 5.75 Å². The second kappa shape index (κ2) is 11.2. The van der Waals surface area contributed by atoms with Gasteiger partial charge in [-0.05, 0) is 36.8 Å². The molecule has 0 aliphatic carbocycles. The van der Waals surface area contributed by atoms with Crippen LogP contribution >= 0.6 is 24.0 Å². The molecule has 0 radical (unpaired) electrons. The number of nitrogens with zero attached hydrogens (tertiary/aromatic N) is 1. The molecule has 9 heteroatoms. The van der Waals surface area contributed by atoms with Crippen LogP contribution in [0.25, 0.3) is 0 Å². The number of hydrogen-bond donors (Lipinski definition) is 2. The maximum atomic E-state index is 13.6. The maximum absolute atomic E-state index is 13.6. The standard InChI is InChI=1S/C19H24FN3O3S.HI/c1-14(26-18-7-5-4-6-17(18)20)12-22-19(21-2)23-13-15-8-10-16(11-9-15)27(3,24)25;/h4-11,14H,12-13H2,1-3H3,(H2,21,22,23);1H. The first kappa shape index (κ1) is 24.2. The number of ether oxygens (including phenoxy) is 1. The molecule has 0 fully saturated rings. The Labute approximate surface area is 182 Å². The summed E-state index contributed by atoms with van der Waals surface area (Å²) in [5.74, 6) is 0.372. The van der Waals surface area contributed by atoms with Crippen molar-refractivity contribution < 1.29 is 17.5 Å². The topological polar surface area (TPSA) is 79.8 Å². The Morgan fingerprint density at radius 3 is 2.36 bits per heavy atom. The fraction of sp³-hybridized carbons (Fsp3) is 0.316. The molecule has 2 N–H and O–H groups in total. The predicted molar refractivity (Wildman–Crippen MR) is 120 cm³/mol. The van der Waals surface area contributed by atoms with Gasteiger partial charge in [0.25, 0.3) is 0 Å². The third-order valence-corrected chi connectivity index (χ3v) is 4.89. The Bertz CT molecular complexity index is 890. The van der Waals surface area contributed by atoms with E-state index in [0.717, 1.165) is 5.56 Å². The molecule has 0 heterocycles. The SMILES string of the molecule is CN=C(NCc1ccc(S(C)(=O)=O)cc1)NCC(C)Oc1ccccc1F.I. The number of sulfone groups is 1. The minimum absolute atomic E-state index is 0. The van der Waals surface area contributed by atoms with Crippen LogP contribution < -0.4 is 15.4 Å². The molecule has 0 aliphatic heterocycles. The zero-order chi connectivity index (χ0) is 19.9. The number of para-hydroxylation sites is 1. The Kier molecular flexibility index (Phi) is 9.66. The lowest BCUT2D eigenvalue weighted by molar-refractivity contribution is 0.214. The first-order valence-electron chi connectivity index (χ1n) is 8.44. The molecule has 0 amide bonds. The largest absolute Gasteiger partial charge is 0.486 e. The summed E-state index contributed by atoms with van der Waals surface area (Å²) < 4.78 is 42.1. The molecule has 28 heavy (non-hydrogen) atoms. The zero-order valence-corrected chi connectivity index (χ0v) is 19.1. The summed E-state index contributed by atoms with van der Waals surface area (Å²) in [5.41, 5.74) is 0.918.